The number of rotatable bonds is 3. The number of nitrogens with one attached hydrogen (secondary N) is 1. The molecular weight excluding hydrogens is 320 g/mol. The molecule has 0 aliphatic carbocycles. The molecule has 0 aliphatic heterocycles. The maximum absolute atomic E-state index is 9.69. The third kappa shape index (κ3) is 2.80. The Bertz CT molecular complexity index is 1170. The summed E-state index contributed by atoms with van der Waals surface area (Å²) in [6.07, 6.45) is 3.88. The van der Waals surface area contributed by atoms with Gasteiger partial charge in [-0.2, -0.15) is 5.26 Å². The second-order valence-electron chi connectivity index (χ2n) is 6.37. The number of benzene rings is 2. The lowest BCUT2D eigenvalue weighted by atomic mass is 10.2. The number of hydrogen-bond acceptors (Lipinski definition) is 2. The number of nitriles is 1. The summed E-state index contributed by atoms with van der Waals surface area (Å²) in [5, 5.41) is 9.69. The van der Waals surface area contributed by atoms with E-state index in [0.29, 0.717) is 11.4 Å². The van der Waals surface area contributed by atoms with Gasteiger partial charge in [0.15, 0.2) is 0 Å². The zero-order valence-electron chi connectivity index (χ0n) is 14.7. The molecule has 0 radical (unpaired) electrons. The van der Waals surface area contributed by atoms with Gasteiger partial charge in [0, 0.05) is 17.6 Å². The first-order chi connectivity index (χ1) is 12.7. The number of imidazole rings is 1. The molecule has 4 rings (SSSR count). The van der Waals surface area contributed by atoms with E-state index in [-0.39, 0.29) is 0 Å². The van der Waals surface area contributed by atoms with Gasteiger partial charge in [-0.05, 0) is 61.4 Å². The number of fused-ring (bicyclic) bond motifs is 1. The molecule has 0 atom stereocenters. The monoisotopic (exact) mass is 338 g/mol. The van der Waals surface area contributed by atoms with Crippen LogP contribution in [0.4, 0.5) is 0 Å². The molecule has 4 aromatic rings. The van der Waals surface area contributed by atoms with Crippen LogP contribution in [-0.4, -0.2) is 14.5 Å². The number of allylic oxidation sites excluding steroid dienone is 1. The molecule has 4 heteroatoms. The van der Waals surface area contributed by atoms with Gasteiger partial charge in [0.1, 0.15) is 11.9 Å². The predicted molar refractivity (Wildman–Crippen MR) is 105 cm³/mol. The van der Waals surface area contributed by atoms with Gasteiger partial charge in [-0.25, -0.2) is 4.98 Å². The van der Waals surface area contributed by atoms with Gasteiger partial charge in [-0.3, -0.25) is 0 Å². The van der Waals surface area contributed by atoms with E-state index < -0.39 is 0 Å². The molecule has 2 aromatic heterocycles. The van der Waals surface area contributed by atoms with Crippen LogP contribution in [0.5, 0.6) is 0 Å². The van der Waals surface area contributed by atoms with Crippen molar-refractivity contribution in [2.45, 2.75) is 13.8 Å². The SMILES string of the molecule is Cc1ccc2nc(/C(C#N)=C\c3cccn3-c3ccccc3C)[nH]c2c1. The van der Waals surface area contributed by atoms with E-state index in [1.54, 1.807) is 0 Å². The van der Waals surface area contributed by atoms with E-state index in [1.165, 1.54) is 5.56 Å². The quantitative estimate of drug-likeness (QED) is 0.532. The molecular formula is C22H18N4. The molecule has 4 nitrogen and oxygen atoms in total. The summed E-state index contributed by atoms with van der Waals surface area (Å²) in [6, 6.07) is 20.5. The van der Waals surface area contributed by atoms with Crippen molar-refractivity contribution in [3.63, 3.8) is 0 Å². The minimum absolute atomic E-state index is 0.507. The molecule has 0 unspecified atom stereocenters. The highest BCUT2D eigenvalue weighted by molar-refractivity contribution is 5.90. The Kier molecular flexibility index (Phi) is 3.91. The number of H-pyrrole nitrogens is 1. The Labute approximate surface area is 152 Å². The number of aromatic nitrogens is 3. The van der Waals surface area contributed by atoms with E-state index in [4.69, 9.17) is 0 Å². The lowest BCUT2D eigenvalue weighted by Gasteiger charge is -2.10. The van der Waals surface area contributed by atoms with Crippen LogP contribution in [0.15, 0.2) is 60.8 Å². The van der Waals surface area contributed by atoms with Crippen molar-refractivity contribution in [2.24, 2.45) is 0 Å². The van der Waals surface area contributed by atoms with Crippen LogP contribution in [0.2, 0.25) is 0 Å². The van der Waals surface area contributed by atoms with Crippen LogP contribution in [0.1, 0.15) is 22.6 Å². The summed E-state index contributed by atoms with van der Waals surface area (Å²) in [5.41, 5.74) is 6.68. The molecule has 0 bridgehead atoms. The summed E-state index contributed by atoms with van der Waals surface area (Å²) in [7, 11) is 0. The van der Waals surface area contributed by atoms with E-state index in [9.17, 15) is 5.26 Å². The second kappa shape index (κ2) is 6.38. The highest BCUT2D eigenvalue weighted by Gasteiger charge is 2.10. The molecule has 1 N–H and O–H groups in total. The summed E-state index contributed by atoms with van der Waals surface area (Å²) < 4.78 is 2.08. The third-order valence-electron chi connectivity index (χ3n) is 4.46. The van der Waals surface area contributed by atoms with Crippen LogP contribution in [0, 0.1) is 25.2 Å². The number of nitrogens with zero attached hydrogens (tertiary/aromatic N) is 3. The van der Waals surface area contributed by atoms with E-state index >= 15 is 0 Å². The molecule has 0 fully saturated rings. The second-order valence-corrected chi connectivity index (χ2v) is 6.37. The first kappa shape index (κ1) is 15.9. The first-order valence-electron chi connectivity index (χ1n) is 8.47. The van der Waals surface area contributed by atoms with Crippen molar-refractivity contribution < 1.29 is 0 Å². The predicted octanol–water partition coefficient (Wildman–Crippen LogP) is 5.03. The highest BCUT2D eigenvalue weighted by Crippen LogP contribution is 2.23. The molecule has 2 aromatic carbocycles. The summed E-state index contributed by atoms with van der Waals surface area (Å²) in [4.78, 5) is 7.83. The summed E-state index contributed by atoms with van der Waals surface area (Å²) >= 11 is 0. The molecule has 0 saturated heterocycles. The summed E-state index contributed by atoms with van der Waals surface area (Å²) in [5.74, 6) is 0.589. The van der Waals surface area contributed by atoms with Gasteiger partial charge in [0.25, 0.3) is 0 Å². The van der Waals surface area contributed by atoms with Gasteiger partial charge >= 0.3 is 0 Å². The molecule has 26 heavy (non-hydrogen) atoms. The molecule has 0 saturated carbocycles. The standard InChI is InChI=1S/C22H18N4/c1-15-9-10-19-20(12-15)25-22(24-19)17(14-23)13-18-7-5-11-26(18)21-8-4-3-6-16(21)2/h3-13H,1-2H3,(H,24,25)/b17-13-. The summed E-state index contributed by atoms with van der Waals surface area (Å²) in [6.45, 7) is 4.12. The van der Waals surface area contributed by atoms with Gasteiger partial charge < -0.3 is 9.55 Å². The van der Waals surface area contributed by atoms with Crippen LogP contribution in [-0.2, 0) is 0 Å². The minimum Gasteiger partial charge on any atom is -0.337 e. The number of hydrogen-bond donors (Lipinski definition) is 1. The number of aromatic amines is 1. The zero-order chi connectivity index (χ0) is 18.1. The molecule has 0 amide bonds. The smallest absolute Gasteiger partial charge is 0.149 e. The zero-order valence-corrected chi connectivity index (χ0v) is 14.7. The molecule has 0 spiro atoms. The molecule has 0 aliphatic rings. The fourth-order valence-corrected chi connectivity index (χ4v) is 3.12. The Morgan fingerprint density at radius 1 is 1.12 bits per heavy atom. The van der Waals surface area contributed by atoms with Crippen molar-refractivity contribution in [3.05, 3.63) is 83.4 Å². The van der Waals surface area contributed by atoms with Crippen molar-refractivity contribution in [3.8, 4) is 11.8 Å². The van der Waals surface area contributed by atoms with Crippen LogP contribution < -0.4 is 0 Å². The Hall–Kier alpha value is -3.58. The van der Waals surface area contributed by atoms with Gasteiger partial charge in [0.2, 0.25) is 0 Å². The molecule has 2 heterocycles. The number of para-hydroxylation sites is 1. The van der Waals surface area contributed by atoms with Crippen molar-refractivity contribution in [2.75, 3.05) is 0 Å². The topological polar surface area (TPSA) is 57.4 Å². The Morgan fingerprint density at radius 2 is 1.96 bits per heavy atom. The van der Waals surface area contributed by atoms with Gasteiger partial charge in [-0.15, -0.1) is 0 Å². The van der Waals surface area contributed by atoms with E-state index in [1.807, 2.05) is 61.7 Å². The third-order valence-corrected chi connectivity index (χ3v) is 4.46. The van der Waals surface area contributed by atoms with E-state index in [0.717, 1.165) is 28.0 Å². The normalized spacial score (nSPS) is 11.7. The maximum atomic E-state index is 9.69. The fourth-order valence-electron chi connectivity index (χ4n) is 3.12. The van der Waals surface area contributed by atoms with Crippen LogP contribution >= 0.6 is 0 Å². The van der Waals surface area contributed by atoms with Crippen LogP contribution in [0.3, 0.4) is 0 Å². The lowest BCUT2D eigenvalue weighted by Crippen LogP contribution is -1.98. The lowest BCUT2D eigenvalue weighted by molar-refractivity contribution is 1.04. The average Bonchev–Trinajstić information content (AvgIpc) is 3.26. The largest absolute Gasteiger partial charge is 0.337 e. The minimum atomic E-state index is 0.507. The average molecular weight is 338 g/mol. The van der Waals surface area contributed by atoms with Crippen LogP contribution in [0.25, 0.3) is 28.4 Å². The maximum Gasteiger partial charge on any atom is 0.149 e. The van der Waals surface area contributed by atoms with Crippen molar-refractivity contribution >= 4 is 22.7 Å². The highest BCUT2D eigenvalue weighted by atomic mass is 15.0. The van der Waals surface area contributed by atoms with E-state index in [2.05, 4.69) is 39.7 Å². The Balaban J connectivity index is 1.81. The van der Waals surface area contributed by atoms with Gasteiger partial charge in [0.05, 0.1) is 16.6 Å². The molecule has 126 valence electrons. The van der Waals surface area contributed by atoms with Gasteiger partial charge in [-0.1, -0.05) is 24.3 Å². The Morgan fingerprint density at radius 3 is 2.77 bits per heavy atom. The first-order valence-corrected chi connectivity index (χ1v) is 8.47. The van der Waals surface area contributed by atoms with Crippen molar-refractivity contribution in [1.29, 1.82) is 5.26 Å². The fraction of sp³-hybridized carbons (Fsp3) is 0.0909. The van der Waals surface area contributed by atoms with Crippen molar-refractivity contribution in [1.82, 2.24) is 14.5 Å². The number of aryl methyl sites for hydroxylation is 2.